The third kappa shape index (κ3) is 5.67. The van der Waals surface area contributed by atoms with E-state index in [4.69, 9.17) is 0 Å². The van der Waals surface area contributed by atoms with Gasteiger partial charge >= 0.3 is 0 Å². The van der Waals surface area contributed by atoms with Crippen LogP contribution in [0.4, 0.5) is 17.1 Å². The van der Waals surface area contributed by atoms with Crippen molar-refractivity contribution in [2.75, 3.05) is 4.90 Å². The van der Waals surface area contributed by atoms with Crippen molar-refractivity contribution in [3.05, 3.63) is 316 Å². The van der Waals surface area contributed by atoms with E-state index in [9.17, 15) is 0 Å². The predicted octanol–water partition coefficient (Wildman–Crippen LogP) is 18.6. The van der Waals surface area contributed by atoms with Crippen molar-refractivity contribution in [1.82, 2.24) is 0 Å². The lowest BCUT2D eigenvalue weighted by molar-refractivity contribution is 0.627. The van der Waals surface area contributed by atoms with E-state index in [1.54, 1.807) is 0 Å². The second kappa shape index (κ2) is 15.7. The van der Waals surface area contributed by atoms with Gasteiger partial charge in [0.25, 0.3) is 0 Å². The van der Waals surface area contributed by atoms with Crippen molar-refractivity contribution < 1.29 is 0 Å². The van der Waals surface area contributed by atoms with Gasteiger partial charge < -0.3 is 4.90 Å². The van der Waals surface area contributed by atoms with Gasteiger partial charge in [-0.05, 0) is 125 Å². The van der Waals surface area contributed by atoms with Crippen LogP contribution >= 0.6 is 11.3 Å². The van der Waals surface area contributed by atoms with Crippen LogP contribution in [-0.4, -0.2) is 0 Å². The average molecular weight is 948 g/mol. The maximum atomic E-state index is 2.56. The van der Waals surface area contributed by atoms with Crippen molar-refractivity contribution >= 4 is 48.6 Å². The molecular weight excluding hydrogens is 899 g/mol. The normalized spacial score (nSPS) is 17.4. The molecule has 2 heteroatoms. The summed E-state index contributed by atoms with van der Waals surface area (Å²) < 4.78 is 2.64. The summed E-state index contributed by atoms with van der Waals surface area (Å²) in [6.45, 7) is 4.78. The zero-order chi connectivity index (χ0) is 48.5. The van der Waals surface area contributed by atoms with Gasteiger partial charge in [-0.1, -0.05) is 238 Å². The average Bonchev–Trinajstić information content (AvgIpc) is 4.08. The van der Waals surface area contributed by atoms with E-state index in [0.29, 0.717) is 0 Å². The first kappa shape index (κ1) is 42.2. The molecular formula is C71H49NS. The Balaban J connectivity index is 1.02. The Morgan fingerprint density at radius 3 is 1.59 bits per heavy atom. The van der Waals surface area contributed by atoms with Crippen LogP contribution in [0.15, 0.2) is 261 Å². The molecule has 11 aromatic carbocycles. The minimum Gasteiger partial charge on any atom is -0.310 e. The fraction of sp³-hybridized carbons (Fsp3) is 0.0704. The molecule has 344 valence electrons. The van der Waals surface area contributed by atoms with Crippen LogP contribution in [0.5, 0.6) is 0 Å². The zero-order valence-electron chi connectivity index (χ0n) is 40.7. The molecule has 73 heavy (non-hydrogen) atoms. The van der Waals surface area contributed by atoms with Crippen molar-refractivity contribution in [2.45, 2.75) is 30.1 Å². The Labute approximate surface area is 431 Å². The van der Waals surface area contributed by atoms with Crippen molar-refractivity contribution in [1.29, 1.82) is 0 Å². The predicted molar refractivity (Wildman–Crippen MR) is 306 cm³/mol. The molecule has 3 aliphatic carbocycles. The molecule has 3 aliphatic rings. The number of thiophene rings is 1. The highest BCUT2D eigenvalue weighted by molar-refractivity contribution is 7.26. The van der Waals surface area contributed by atoms with Gasteiger partial charge in [-0.2, -0.15) is 0 Å². The first-order chi connectivity index (χ1) is 36.0. The Kier molecular flexibility index (Phi) is 9.08. The van der Waals surface area contributed by atoms with Gasteiger partial charge in [-0.25, -0.2) is 0 Å². The molecule has 0 aliphatic heterocycles. The second-order valence-electron chi connectivity index (χ2n) is 20.6. The van der Waals surface area contributed by atoms with E-state index in [-0.39, 0.29) is 5.41 Å². The van der Waals surface area contributed by atoms with E-state index in [1.807, 2.05) is 11.3 Å². The third-order valence-electron chi connectivity index (χ3n) is 16.8. The van der Waals surface area contributed by atoms with Gasteiger partial charge in [0.15, 0.2) is 0 Å². The molecule has 12 aromatic rings. The fourth-order valence-corrected chi connectivity index (χ4v) is 15.1. The molecule has 0 fully saturated rings. The number of nitrogens with zero attached hydrogens (tertiary/aromatic N) is 1. The fourth-order valence-electron chi connectivity index (χ4n) is 13.8. The minimum absolute atomic E-state index is 0.187. The number of hydrogen-bond donors (Lipinski definition) is 0. The monoisotopic (exact) mass is 947 g/mol. The summed E-state index contributed by atoms with van der Waals surface area (Å²) in [5, 5.41) is 2.63. The third-order valence-corrected chi connectivity index (χ3v) is 18.0. The highest BCUT2D eigenvalue weighted by Gasteiger charge is 2.58. The van der Waals surface area contributed by atoms with Crippen molar-refractivity contribution in [3.8, 4) is 33.4 Å². The topological polar surface area (TPSA) is 3.24 Å². The first-order valence-electron chi connectivity index (χ1n) is 25.6. The van der Waals surface area contributed by atoms with Gasteiger partial charge in [0.2, 0.25) is 0 Å². The standard InChI is InChI=1S/C71H49NS/c1-69(2)58-31-12-9-25-52(58)54-44-43-50(45-64(54)69)72(49-41-39-46(40-42-49)51-28-19-30-57-55-27-11-18-38-66(55)73-68(51)57)65-37-17-16-35-62(65)70(47-21-5-3-6-22-47)60-33-14-15-34-61(60)71(48-23-7-4-8-24-48)59-32-13-10-26-53(59)56-29-20-36-63(70)67(56)71/h3-45H,1-2H3. The summed E-state index contributed by atoms with van der Waals surface area (Å²) in [5.74, 6) is 0. The summed E-state index contributed by atoms with van der Waals surface area (Å²) in [4.78, 5) is 2.56. The maximum absolute atomic E-state index is 2.56. The summed E-state index contributed by atoms with van der Waals surface area (Å²) in [6, 6.07) is 98.8. The van der Waals surface area contributed by atoms with E-state index < -0.39 is 10.8 Å². The number of fused-ring (bicyclic) bond motifs is 11. The van der Waals surface area contributed by atoms with E-state index >= 15 is 0 Å². The lowest BCUT2D eigenvalue weighted by Gasteiger charge is -2.50. The SMILES string of the molecule is CC1(C)c2ccccc2-c2ccc(N(c3ccc(-c4cccc5c4sc4ccccc45)cc3)c3ccccc3C3(c4ccccc4)c4ccccc4C4(c5ccccc5)c5ccccc5-c5cccc3c54)cc21. The first-order valence-corrected chi connectivity index (χ1v) is 26.4. The Bertz CT molecular complexity index is 4180. The van der Waals surface area contributed by atoms with Gasteiger partial charge in [0, 0.05) is 37.0 Å². The van der Waals surface area contributed by atoms with Crippen molar-refractivity contribution in [2.24, 2.45) is 0 Å². The molecule has 15 rings (SSSR count). The van der Waals surface area contributed by atoms with Gasteiger partial charge in [-0.15, -0.1) is 11.3 Å². The largest absolute Gasteiger partial charge is 0.310 e. The number of anilines is 3. The Hall–Kier alpha value is -8.56. The number of rotatable bonds is 7. The van der Waals surface area contributed by atoms with E-state index in [0.717, 1.165) is 17.1 Å². The molecule has 0 amide bonds. The molecule has 1 nitrogen and oxygen atoms in total. The van der Waals surface area contributed by atoms with E-state index in [1.165, 1.54) is 109 Å². The summed E-state index contributed by atoms with van der Waals surface area (Å²) in [7, 11) is 0. The van der Waals surface area contributed by atoms with Gasteiger partial charge in [-0.3, -0.25) is 0 Å². The van der Waals surface area contributed by atoms with Crippen LogP contribution in [0.3, 0.4) is 0 Å². The molecule has 0 saturated heterocycles. The van der Waals surface area contributed by atoms with Crippen LogP contribution in [0.25, 0.3) is 53.6 Å². The number of benzene rings is 11. The lowest BCUT2D eigenvalue weighted by Crippen LogP contribution is -2.44. The number of hydrogen-bond acceptors (Lipinski definition) is 2. The molecule has 1 aromatic heterocycles. The minimum atomic E-state index is -0.749. The van der Waals surface area contributed by atoms with Gasteiger partial charge in [0.05, 0.1) is 16.5 Å². The number of para-hydroxylation sites is 1. The summed E-state index contributed by atoms with van der Waals surface area (Å²) >= 11 is 1.89. The van der Waals surface area contributed by atoms with Crippen LogP contribution in [-0.2, 0) is 16.2 Å². The summed E-state index contributed by atoms with van der Waals surface area (Å²) in [5.41, 5.74) is 22.6. The smallest absolute Gasteiger partial charge is 0.0728 e. The molecule has 2 unspecified atom stereocenters. The van der Waals surface area contributed by atoms with Crippen molar-refractivity contribution in [3.63, 3.8) is 0 Å². The molecule has 2 atom stereocenters. The van der Waals surface area contributed by atoms with Crippen LogP contribution in [0.1, 0.15) is 69.5 Å². The highest BCUT2D eigenvalue weighted by atomic mass is 32.1. The van der Waals surface area contributed by atoms with Crippen LogP contribution in [0.2, 0.25) is 0 Å². The lowest BCUT2D eigenvalue weighted by atomic mass is 9.51. The maximum Gasteiger partial charge on any atom is 0.0728 e. The van der Waals surface area contributed by atoms with Gasteiger partial charge in [0.1, 0.15) is 0 Å². The molecule has 0 spiro atoms. The summed E-state index contributed by atoms with van der Waals surface area (Å²) in [6.07, 6.45) is 0. The van der Waals surface area contributed by atoms with Crippen LogP contribution < -0.4 is 4.90 Å². The molecule has 0 radical (unpaired) electrons. The zero-order valence-corrected chi connectivity index (χ0v) is 41.5. The Morgan fingerprint density at radius 1 is 0.329 bits per heavy atom. The highest BCUT2D eigenvalue weighted by Crippen LogP contribution is 2.67. The van der Waals surface area contributed by atoms with Crippen LogP contribution in [0, 0.1) is 0 Å². The molecule has 1 heterocycles. The quantitative estimate of drug-likeness (QED) is 0.154. The Morgan fingerprint density at radius 2 is 0.836 bits per heavy atom. The molecule has 0 saturated carbocycles. The van der Waals surface area contributed by atoms with E-state index in [2.05, 4.69) is 280 Å². The molecule has 0 bridgehead atoms. The second-order valence-corrected chi connectivity index (χ2v) is 21.7. The molecule has 0 N–H and O–H groups in total.